The molecule has 1 amide bonds. The molecule has 0 atom stereocenters. The largest absolute Gasteiger partial charge is 0.460 e. The Hall–Kier alpha value is -2.37. The Kier molecular flexibility index (Phi) is 5.26. The Bertz CT molecular complexity index is 675. The minimum atomic E-state index is -0.530. The predicted molar refractivity (Wildman–Crippen MR) is 94.2 cm³/mol. The van der Waals surface area contributed by atoms with Gasteiger partial charge >= 0.3 is 5.97 Å². The Morgan fingerprint density at radius 2 is 2.00 bits per heavy atom. The van der Waals surface area contributed by atoms with Gasteiger partial charge in [-0.25, -0.2) is 0 Å². The van der Waals surface area contributed by atoms with E-state index in [1.54, 1.807) is 11.9 Å². The molecule has 0 saturated carbocycles. The molecule has 6 nitrogen and oxygen atoms in total. The van der Waals surface area contributed by atoms with Crippen LogP contribution in [0.5, 0.6) is 0 Å². The molecule has 0 aromatic heterocycles. The SMILES string of the molecule is CN=C(N)c1ccc2c(c1)CCN2C(=O)CCC(=O)OC(C)(C)C. The molecular weight excluding hydrogens is 306 g/mol. The second-order valence-electron chi connectivity index (χ2n) is 6.83. The number of anilines is 1. The zero-order valence-corrected chi connectivity index (χ0v) is 14.8. The first-order valence-electron chi connectivity index (χ1n) is 8.09. The number of carbonyl (C=O) groups excluding carboxylic acids is 2. The molecule has 0 fully saturated rings. The number of ether oxygens (including phenoxy) is 1. The second-order valence-corrected chi connectivity index (χ2v) is 6.83. The Morgan fingerprint density at radius 3 is 2.62 bits per heavy atom. The number of amides is 1. The monoisotopic (exact) mass is 331 g/mol. The summed E-state index contributed by atoms with van der Waals surface area (Å²) in [7, 11) is 1.65. The van der Waals surface area contributed by atoms with Crippen LogP contribution < -0.4 is 10.6 Å². The minimum Gasteiger partial charge on any atom is -0.460 e. The number of hydrogen-bond acceptors (Lipinski definition) is 4. The van der Waals surface area contributed by atoms with Crippen LogP contribution in [0, 0.1) is 0 Å². The topological polar surface area (TPSA) is 85.0 Å². The summed E-state index contributed by atoms with van der Waals surface area (Å²) in [5, 5.41) is 0. The smallest absolute Gasteiger partial charge is 0.306 e. The summed E-state index contributed by atoms with van der Waals surface area (Å²) in [5.74, 6) is 0.0644. The molecule has 2 rings (SSSR count). The third kappa shape index (κ3) is 4.34. The maximum Gasteiger partial charge on any atom is 0.306 e. The lowest BCUT2D eigenvalue weighted by Gasteiger charge is -2.20. The summed E-state index contributed by atoms with van der Waals surface area (Å²) in [5.41, 5.74) is 8.12. The van der Waals surface area contributed by atoms with E-state index in [0.717, 1.165) is 23.2 Å². The van der Waals surface area contributed by atoms with Gasteiger partial charge in [0, 0.05) is 31.3 Å². The van der Waals surface area contributed by atoms with Crippen molar-refractivity contribution in [1.29, 1.82) is 0 Å². The van der Waals surface area contributed by atoms with Crippen LogP contribution in [0.4, 0.5) is 5.69 Å². The van der Waals surface area contributed by atoms with E-state index in [1.807, 2.05) is 39.0 Å². The highest BCUT2D eigenvalue weighted by atomic mass is 16.6. The average Bonchev–Trinajstić information content (AvgIpc) is 2.93. The van der Waals surface area contributed by atoms with Gasteiger partial charge in [-0.05, 0) is 51.0 Å². The van der Waals surface area contributed by atoms with Crippen molar-refractivity contribution in [2.45, 2.75) is 45.6 Å². The van der Waals surface area contributed by atoms with E-state index in [2.05, 4.69) is 4.99 Å². The van der Waals surface area contributed by atoms with E-state index in [1.165, 1.54) is 0 Å². The molecule has 1 aliphatic heterocycles. The number of nitrogens with two attached hydrogens (primary N) is 1. The van der Waals surface area contributed by atoms with Crippen LogP contribution in [0.3, 0.4) is 0 Å². The van der Waals surface area contributed by atoms with Crippen molar-refractivity contribution in [1.82, 2.24) is 0 Å². The Balaban J connectivity index is 2.01. The fourth-order valence-electron chi connectivity index (χ4n) is 2.69. The quantitative estimate of drug-likeness (QED) is 0.520. The first-order chi connectivity index (χ1) is 11.2. The van der Waals surface area contributed by atoms with Gasteiger partial charge < -0.3 is 15.4 Å². The molecule has 1 heterocycles. The number of hydrogen-bond donors (Lipinski definition) is 1. The van der Waals surface area contributed by atoms with Gasteiger partial charge in [-0.3, -0.25) is 14.6 Å². The summed E-state index contributed by atoms with van der Waals surface area (Å²) in [6, 6.07) is 5.72. The summed E-state index contributed by atoms with van der Waals surface area (Å²) < 4.78 is 5.24. The highest BCUT2D eigenvalue weighted by molar-refractivity contribution is 6.00. The van der Waals surface area contributed by atoms with E-state index in [9.17, 15) is 9.59 Å². The van der Waals surface area contributed by atoms with E-state index in [0.29, 0.717) is 12.4 Å². The highest BCUT2D eigenvalue weighted by Gasteiger charge is 2.26. The number of amidine groups is 1. The summed E-state index contributed by atoms with van der Waals surface area (Å²) in [6.45, 7) is 6.06. The van der Waals surface area contributed by atoms with Gasteiger partial charge in [0.1, 0.15) is 11.4 Å². The fourth-order valence-corrected chi connectivity index (χ4v) is 2.69. The molecule has 0 aliphatic carbocycles. The van der Waals surface area contributed by atoms with Crippen LogP contribution in [0.25, 0.3) is 0 Å². The lowest BCUT2D eigenvalue weighted by Crippen LogP contribution is -2.30. The Labute approximate surface area is 142 Å². The molecule has 0 unspecified atom stereocenters. The zero-order chi connectivity index (χ0) is 17.9. The van der Waals surface area contributed by atoms with Crippen molar-refractivity contribution in [2.24, 2.45) is 10.7 Å². The van der Waals surface area contributed by atoms with Gasteiger partial charge in [-0.1, -0.05) is 0 Å². The predicted octanol–water partition coefficient (Wildman–Crippen LogP) is 2.03. The number of benzene rings is 1. The zero-order valence-electron chi connectivity index (χ0n) is 14.8. The molecule has 2 N–H and O–H groups in total. The molecule has 0 bridgehead atoms. The number of aliphatic imine (C=N–C) groups is 1. The van der Waals surface area contributed by atoms with Crippen molar-refractivity contribution >= 4 is 23.4 Å². The number of nitrogens with zero attached hydrogens (tertiary/aromatic N) is 2. The van der Waals surface area contributed by atoms with Crippen LogP contribution in [-0.4, -0.2) is 36.9 Å². The third-order valence-electron chi connectivity index (χ3n) is 3.78. The van der Waals surface area contributed by atoms with Gasteiger partial charge in [0.15, 0.2) is 0 Å². The van der Waals surface area contributed by atoms with Crippen molar-refractivity contribution in [3.63, 3.8) is 0 Å². The van der Waals surface area contributed by atoms with Crippen LogP contribution >= 0.6 is 0 Å². The van der Waals surface area contributed by atoms with E-state index in [-0.39, 0.29) is 24.7 Å². The van der Waals surface area contributed by atoms with Crippen molar-refractivity contribution in [3.05, 3.63) is 29.3 Å². The lowest BCUT2D eigenvalue weighted by molar-refractivity contribution is -0.155. The molecule has 1 aliphatic rings. The third-order valence-corrected chi connectivity index (χ3v) is 3.78. The molecular formula is C18H25N3O3. The van der Waals surface area contributed by atoms with Crippen molar-refractivity contribution < 1.29 is 14.3 Å². The van der Waals surface area contributed by atoms with Crippen LogP contribution in [0.2, 0.25) is 0 Å². The van der Waals surface area contributed by atoms with Gasteiger partial charge in [-0.2, -0.15) is 0 Å². The summed E-state index contributed by atoms with van der Waals surface area (Å²) in [4.78, 5) is 29.9. The molecule has 130 valence electrons. The maximum absolute atomic E-state index is 12.4. The van der Waals surface area contributed by atoms with Crippen LogP contribution in [-0.2, 0) is 20.7 Å². The first kappa shape index (κ1) is 18.0. The van der Waals surface area contributed by atoms with Crippen LogP contribution in [0.15, 0.2) is 23.2 Å². The molecule has 1 aromatic carbocycles. The van der Waals surface area contributed by atoms with E-state index < -0.39 is 5.60 Å². The molecule has 1 aromatic rings. The number of rotatable bonds is 4. The van der Waals surface area contributed by atoms with Crippen molar-refractivity contribution in [3.8, 4) is 0 Å². The molecule has 0 spiro atoms. The maximum atomic E-state index is 12.4. The minimum absolute atomic E-state index is 0.0653. The normalized spacial score (nSPS) is 14.5. The van der Waals surface area contributed by atoms with Crippen molar-refractivity contribution in [2.75, 3.05) is 18.5 Å². The molecule has 24 heavy (non-hydrogen) atoms. The van der Waals surface area contributed by atoms with Crippen LogP contribution in [0.1, 0.15) is 44.7 Å². The van der Waals surface area contributed by atoms with Gasteiger partial charge in [0.2, 0.25) is 5.91 Å². The second kappa shape index (κ2) is 7.03. The number of carbonyl (C=O) groups is 2. The first-order valence-corrected chi connectivity index (χ1v) is 8.09. The standard InChI is InChI=1S/C18H25N3O3/c1-18(2,3)24-16(23)8-7-15(22)21-10-9-12-11-13(17(19)20-4)5-6-14(12)21/h5-6,11H,7-10H2,1-4H3,(H2,19,20). The summed E-state index contributed by atoms with van der Waals surface area (Å²) >= 11 is 0. The average molecular weight is 331 g/mol. The molecule has 0 saturated heterocycles. The fraction of sp³-hybridized carbons (Fsp3) is 0.500. The highest BCUT2D eigenvalue weighted by Crippen LogP contribution is 2.29. The van der Waals surface area contributed by atoms with E-state index in [4.69, 9.17) is 10.5 Å². The lowest BCUT2D eigenvalue weighted by atomic mass is 10.1. The molecule has 6 heteroatoms. The molecule has 0 radical (unpaired) electrons. The Morgan fingerprint density at radius 1 is 1.29 bits per heavy atom. The van der Waals surface area contributed by atoms with Gasteiger partial charge in [-0.15, -0.1) is 0 Å². The van der Waals surface area contributed by atoms with Gasteiger partial charge in [0.25, 0.3) is 0 Å². The van der Waals surface area contributed by atoms with Gasteiger partial charge in [0.05, 0.1) is 6.42 Å². The number of fused-ring (bicyclic) bond motifs is 1. The summed E-state index contributed by atoms with van der Waals surface area (Å²) in [6.07, 6.45) is 1.02. The van der Waals surface area contributed by atoms with E-state index >= 15 is 0 Å². The number of esters is 1.